The fourth-order valence-electron chi connectivity index (χ4n) is 3.03. The van der Waals surface area contributed by atoms with Crippen molar-refractivity contribution in [2.24, 2.45) is 11.8 Å². The van der Waals surface area contributed by atoms with Crippen molar-refractivity contribution in [3.05, 3.63) is 47.5 Å². The zero-order valence-corrected chi connectivity index (χ0v) is 12.9. The van der Waals surface area contributed by atoms with Gasteiger partial charge in [0.25, 0.3) is 0 Å². The molecule has 3 heteroatoms. The highest BCUT2D eigenvalue weighted by Crippen LogP contribution is 2.29. The summed E-state index contributed by atoms with van der Waals surface area (Å²) in [5.41, 5.74) is 2.50. The third kappa shape index (κ3) is 4.43. The maximum absolute atomic E-state index is 12.4. The number of benzene rings is 1. The first-order valence-electron chi connectivity index (χ1n) is 7.71. The number of nitrogens with one attached hydrogen (secondary N) is 1. The number of hydrogen-bond donors (Lipinski definition) is 2. The summed E-state index contributed by atoms with van der Waals surface area (Å²) < 4.78 is 0. The average Bonchev–Trinajstić information content (AvgIpc) is 2.47. The molecule has 1 aliphatic rings. The van der Waals surface area contributed by atoms with Crippen LogP contribution in [0.5, 0.6) is 0 Å². The second-order valence-corrected chi connectivity index (χ2v) is 6.15. The van der Waals surface area contributed by atoms with Gasteiger partial charge in [0, 0.05) is 5.92 Å². The molecular weight excluding hydrogens is 262 g/mol. The van der Waals surface area contributed by atoms with Gasteiger partial charge in [0.1, 0.15) is 0 Å². The quantitative estimate of drug-likeness (QED) is 0.818. The topological polar surface area (TPSA) is 49.3 Å². The largest absolute Gasteiger partial charge is 0.394 e. The van der Waals surface area contributed by atoms with Crippen molar-refractivity contribution in [3.63, 3.8) is 0 Å². The van der Waals surface area contributed by atoms with Crippen molar-refractivity contribution in [2.75, 3.05) is 6.61 Å². The number of rotatable bonds is 5. The summed E-state index contributed by atoms with van der Waals surface area (Å²) in [4.78, 5) is 12.4. The molecule has 0 heterocycles. The fourth-order valence-corrected chi connectivity index (χ4v) is 3.03. The Kier molecular flexibility index (Phi) is 5.57. The lowest BCUT2D eigenvalue weighted by molar-refractivity contribution is -0.127. The van der Waals surface area contributed by atoms with Gasteiger partial charge in [-0.3, -0.25) is 4.79 Å². The average molecular weight is 287 g/mol. The standard InChI is InChI=1S/C18H25NO2/c1-13-8-9-17(14(2)10-13)18(21)19-16(12-20)11-15-6-4-3-5-7-15/h3-8,14,16-17,20H,9-12H2,1-2H3,(H,19,21)/t14-,16-,17-/m0/s1. The summed E-state index contributed by atoms with van der Waals surface area (Å²) in [7, 11) is 0. The molecule has 0 spiro atoms. The van der Waals surface area contributed by atoms with Gasteiger partial charge in [-0.1, -0.05) is 48.9 Å². The number of aliphatic hydroxyl groups is 1. The Hall–Kier alpha value is -1.61. The zero-order valence-electron chi connectivity index (χ0n) is 12.9. The van der Waals surface area contributed by atoms with Crippen LogP contribution in [0.4, 0.5) is 0 Å². The van der Waals surface area contributed by atoms with E-state index >= 15 is 0 Å². The molecule has 1 aromatic carbocycles. The first kappa shape index (κ1) is 15.8. The molecule has 3 atom stereocenters. The van der Waals surface area contributed by atoms with Gasteiger partial charge in [0.2, 0.25) is 5.91 Å². The van der Waals surface area contributed by atoms with Gasteiger partial charge in [-0.15, -0.1) is 0 Å². The molecule has 0 saturated carbocycles. The van der Waals surface area contributed by atoms with Gasteiger partial charge in [-0.25, -0.2) is 0 Å². The second-order valence-electron chi connectivity index (χ2n) is 6.15. The smallest absolute Gasteiger partial charge is 0.224 e. The maximum atomic E-state index is 12.4. The lowest BCUT2D eigenvalue weighted by atomic mass is 9.80. The van der Waals surface area contributed by atoms with Crippen LogP contribution in [0.1, 0.15) is 32.3 Å². The second kappa shape index (κ2) is 7.41. The van der Waals surface area contributed by atoms with E-state index in [0.29, 0.717) is 12.3 Å². The Morgan fingerprint density at radius 1 is 1.38 bits per heavy atom. The zero-order chi connectivity index (χ0) is 15.2. The Labute approximate surface area is 127 Å². The first-order valence-corrected chi connectivity index (χ1v) is 7.71. The molecule has 0 bridgehead atoms. The summed E-state index contributed by atoms with van der Waals surface area (Å²) in [5.74, 6) is 0.464. The highest BCUT2D eigenvalue weighted by Gasteiger charge is 2.28. The minimum atomic E-state index is -0.209. The number of allylic oxidation sites excluding steroid dienone is 2. The molecule has 0 radical (unpaired) electrons. The summed E-state index contributed by atoms with van der Waals surface area (Å²) in [6.07, 6.45) is 4.62. The van der Waals surface area contributed by atoms with Crippen molar-refractivity contribution in [1.82, 2.24) is 5.32 Å². The van der Waals surface area contributed by atoms with Crippen molar-refractivity contribution in [2.45, 2.75) is 39.2 Å². The Bertz CT molecular complexity index is 495. The van der Waals surface area contributed by atoms with E-state index in [1.807, 2.05) is 30.3 Å². The van der Waals surface area contributed by atoms with Crippen LogP contribution in [0, 0.1) is 11.8 Å². The van der Waals surface area contributed by atoms with Crippen LogP contribution in [-0.4, -0.2) is 23.7 Å². The molecule has 0 aliphatic heterocycles. The number of carbonyl (C=O) groups is 1. The van der Waals surface area contributed by atoms with Crippen molar-refractivity contribution in [1.29, 1.82) is 0 Å². The molecule has 0 aromatic heterocycles. The van der Waals surface area contributed by atoms with E-state index in [9.17, 15) is 9.90 Å². The predicted molar refractivity (Wildman–Crippen MR) is 84.8 cm³/mol. The third-order valence-corrected chi connectivity index (χ3v) is 4.28. The number of amides is 1. The lowest BCUT2D eigenvalue weighted by Gasteiger charge is -2.28. The normalized spacial score (nSPS) is 23.3. The lowest BCUT2D eigenvalue weighted by Crippen LogP contribution is -2.44. The Balaban J connectivity index is 1.94. The Morgan fingerprint density at radius 3 is 2.71 bits per heavy atom. The van der Waals surface area contributed by atoms with Crippen LogP contribution in [0.15, 0.2) is 42.0 Å². The van der Waals surface area contributed by atoms with Gasteiger partial charge in [-0.05, 0) is 37.7 Å². The maximum Gasteiger partial charge on any atom is 0.224 e. The first-order chi connectivity index (χ1) is 10.1. The molecule has 0 unspecified atom stereocenters. The summed E-state index contributed by atoms with van der Waals surface area (Å²) in [6.45, 7) is 4.22. The minimum Gasteiger partial charge on any atom is -0.394 e. The van der Waals surface area contributed by atoms with Crippen LogP contribution in [0.25, 0.3) is 0 Å². The predicted octanol–water partition coefficient (Wildman–Crippen LogP) is 2.70. The van der Waals surface area contributed by atoms with E-state index in [1.165, 1.54) is 5.57 Å². The molecule has 114 valence electrons. The van der Waals surface area contributed by atoms with Gasteiger partial charge in [0.15, 0.2) is 0 Å². The third-order valence-electron chi connectivity index (χ3n) is 4.28. The van der Waals surface area contributed by atoms with E-state index in [-0.39, 0.29) is 24.5 Å². The number of carbonyl (C=O) groups excluding carboxylic acids is 1. The van der Waals surface area contributed by atoms with E-state index in [4.69, 9.17) is 0 Å². The Morgan fingerprint density at radius 2 is 2.10 bits per heavy atom. The molecule has 0 saturated heterocycles. The fraction of sp³-hybridized carbons (Fsp3) is 0.500. The summed E-state index contributed by atoms with van der Waals surface area (Å²) in [5, 5.41) is 12.5. The molecule has 2 rings (SSSR count). The SMILES string of the molecule is CC1=CC[C@H](C(=O)N[C@H](CO)Cc2ccccc2)[C@@H](C)C1. The monoisotopic (exact) mass is 287 g/mol. The van der Waals surface area contributed by atoms with E-state index in [0.717, 1.165) is 18.4 Å². The van der Waals surface area contributed by atoms with Crippen molar-refractivity contribution in [3.8, 4) is 0 Å². The molecule has 1 aliphatic carbocycles. The molecule has 0 fully saturated rings. The van der Waals surface area contributed by atoms with Gasteiger partial charge >= 0.3 is 0 Å². The minimum absolute atomic E-state index is 0.0264. The van der Waals surface area contributed by atoms with Gasteiger partial charge < -0.3 is 10.4 Å². The number of hydrogen-bond acceptors (Lipinski definition) is 2. The molecular formula is C18H25NO2. The molecule has 3 nitrogen and oxygen atoms in total. The molecule has 1 aromatic rings. The van der Waals surface area contributed by atoms with E-state index in [1.54, 1.807) is 0 Å². The summed E-state index contributed by atoms with van der Waals surface area (Å²) in [6, 6.07) is 9.74. The van der Waals surface area contributed by atoms with Crippen LogP contribution >= 0.6 is 0 Å². The van der Waals surface area contributed by atoms with Crippen molar-refractivity contribution >= 4 is 5.91 Å². The molecule has 1 amide bonds. The van der Waals surface area contributed by atoms with Crippen molar-refractivity contribution < 1.29 is 9.90 Å². The number of aliphatic hydroxyl groups excluding tert-OH is 1. The molecule has 21 heavy (non-hydrogen) atoms. The van der Waals surface area contributed by atoms with Gasteiger partial charge in [0.05, 0.1) is 12.6 Å². The van der Waals surface area contributed by atoms with E-state index in [2.05, 4.69) is 25.2 Å². The highest BCUT2D eigenvalue weighted by molar-refractivity contribution is 5.79. The van der Waals surface area contributed by atoms with Crippen LogP contribution in [-0.2, 0) is 11.2 Å². The summed E-state index contributed by atoms with van der Waals surface area (Å²) >= 11 is 0. The van der Waals surface area contributed by atoms with E-state index < -0.39 is 0 Å². The van der Waals surface area contributed by atoms with Gasteiger partial charge in [-0.2, -0.15) is 0 Å². The van der Waals surface area contributed by atoms with Crippen LogP contribution in [0.2, 0.25) is 0 Å². The molecule has 2 N–H and O–H groups in total. The van der Waals surface area contributed by atoms with Crippen LogP contribution < -0.4 is 5.32 Å². The van der Waals surface area contributed by atoms with Crippen LogP contribution in [0.3, 0.4) is 0 Å². The highest BCUT2D eigenvalue weighted by atomic mass is 16.3.